The monoisotopic (exact) mass is 461 g/mol. The zero-order valence-electron chi connectivity index (χ0n) is 17.5. The average Bonchev–Trinajstić information content (AvgIpc) is 2.81. The maximum absolute atomic E-state index is 12.9. The zero-order valence-corrected chi connectivity index (χ0v) is 17.5. The first-order chi connectivity index (χ1) is 15.8. The van der Waals surface area contributed by atoms with Crippen LogP contribution in [0.4, 0.5) is 13.2 Å². The van der Waals surface area contributed by atoms with E-state index in [-0.39, 0.29) is 5.56 Å². The highest BCUT2D eigenvalue weighted by Gasteiger charge is 2.46. The van der Waals surface area contributed by atoms with Crippen LogP contribution in [0.15, 0.2) is 48.5 Å². The smallest absolute Gasteiger partial charge is 0.379 e. The number of benzene rings is 2. The summed E-state index contributed by atoms with van der Waals surface area (Å²) in [4.78, 5) is 25.6. The lowest BCUT2D eigenvalue weighted by molar-refractivity contribution is -0.172. The molecule has 0 aromatic heterocycles. The lowest BCUT2D eigenvalue weighted by atomic mass is 10.1. The molecule has 2 aromatic carbocycles. The average molecular weight is 461 g/mol. The molecule has 174 valence electrons. The standard InChI is InChI=1S/C23H22F3N3O4/c24-23(25,26)20(22(31)28-32)27-21(30)19-9-7-17(8-10-19)2-1-16-3-5-18(6-4-16)15-29-11-13-33-14-12-29/h3-10,20,32H,11-15H2,(H,27,30)(H,28,31). The number of alkyl halides is 3. The van der Waals surface area contributed by atoms with Gasteiger partial charge in [0.1, 0.15) is 0 Å². The first-order valence-electron chi connectivity index (χ1n) is 10.1. The number of carbonyl (C=O) groups is 2. The van der Waals surface area contributed by atoms with Gasteiger partial charge in [-0.2, -0.15) is 13.2 Å². The van der Waals surface area contributed by atoms with Gasteiger partial charge in [0.2, 0.25) is 6.04 Å². The summed E-state index contributed by atoms with van der Waals surface area (Å²) >= 11 is 0. The number of carbonyl (C=O) groups excluding carboxylic acids is 2. The maximum atomic E-state index is 12.9. The summed E-state index contributed by atoms with van der Waals surface area (Å²) in [7, 11) is 0. The van der Waals surface area contributed by atoms with Crippen LogP contribution in [0.3, 0.4) is 0 Å². The summed E-state index contributed by atoms with van der Waals surface area (Å²) in [5.74, 6) is 3.04. The third kappa shape index (κ3) is 7.05. The highest BCUT2D eigenvalue weighted by Crippen LogP contribution is 2.21. The molecule has 1 fully saturated rings. The highest BCUT2D eigenvalue weighted by atomic mass is 19.4. The summed E-state index contributed by atoms with van der Waals surface area (Å²) in [5, 5.41) is 10.0. The minimum absolute atomic E-state index is 0.0898. The summed E-state index contributed by atoms with van der Waals surface area (Å²) in [6.45, 7) is 4.13. The largest absolute Gasteiger partial charge is 0.417 e. The topological polar surface area (TPSA) is 90.9 Å². The van der Waals surface area contributed by atoms with Crippen LogP contribution in [-0.2, 0) is 16.1 Å². The predicted octanol–water partition coefficient (Wildman–Crippen LogP) is 2.08. The number of morpholine rings is 1. The highest BCUT2D eigenvalue weighted by molar-refractivity contribution is 5.97. The van der Waals surface area contributed by atoms with E-state index < -0.39 is 24.0 Å². The van der Waals surface area contributed by atoms with Gasteiger partial charge < -0.3 is 10.1 Å². The van der Waals surface area contributed by atoms with Crippen LogP contribution in [-0.4, -0.2) is 60.4 Å². The molecule has 1 heterocycles. The van der Waals surface area contributed by atoms with E-state index in [0.717, 1.165) is 43.9 Å². The number of ether oxygens (including phenoxy) is 1. The molecule has 3 N–H and O–H groups in total. The van der Waals surface area contributed by atoms with Crippen LogP contribution in [0.25, 0.3) is 0 Å². The van der Waals surface area contributed by atoms with Crippen LogP contribution in [0, 0.1) is 11.8 Å². The second-order valence-electron chi connectivity index (χ2n) is 7.34. The number of halogens is 3. The number of nitrogens with one attached hydrogen (secondary N) is 2. The Balaban J connectivity index is 1.60. The minimum atomic E-state index is -5.06. The molecule has 1 aliphatic heterocycles. The fraction of sp³-hybridized carbons (Fsp3) is 0.304. The van der Waals surface area contributed by atoms with Gasteiger partial charge in [-0.1, -0.05) is 24.0 Å². The van der Waals surface area contributed by atoms with Gasteiger partial charge in [-0.3, -0.25) is 19.7 Å². The van der Waals surface area contributed by atoms with Gasteiger partial charge in [-0.15, -0.1) is 0 Å². The normalized spacial score (nSPS) is 15.2. The van der Waals surface area contributed by atoms with Crippen molar-refractivity contribution in [2.24, 2.45) is 0 Å². The molecule has 1 aliphatic rings. The first-order valence-corrected chi connectivity index (χ1v) is 10.1. The third-order valence-electron chi connectivity index (χ3n) is 4.94. The van der Waals surface area contributed by atoms with Crippen molar-refractivity contribution in [1.29, 1.82) is 0 Å². The van der Waals surface area contributed by atoms with Crippen molar-refractivity contribution >= 4 is 11.8 Å². The number of hydrogen-bond donors (Lipinski definition) is 3. The van der Waals surface area contributed by atoms with Crippen molar-refractivity contribution in [3.8, 4) is 11.8 Å². The van der Waals surface area contributed by atoms with Crippen molar-refractivity contribution in [1.82, 2.24) is 15.7 Å². The Kier molecular flexibility index (Phi) is 8.06. The van der Waals surface area contributed by atoms with E-state index in [9.17, 15) is 22.8 Å². The van der Waals surface area contributed by atoms with E-state index in [0.29, 0.717) is 5.56 Å². The quantitative estimate of drug-likeness (QED) is 0.361. The number of hydrogen-bond acceptors (Lipinski definition) is 5. The van der Waals surface area contributed by atoms with Gasteiger partial charge in [0.05, 0.1) is 13.2 Å². The molecule has 2 amide bonds. The maximum Gasteiger partial charge on any atom is 0.417 e. The number of rotatable bonds is 5. The molecule has 0 aliphatic carbocycles. The second kappa shape index (κ2) is 11.0. The fourth-order valence-electron chi connectivity index (χ4n) is 3.14. The van der Waals surface area contributed by atoms with Crippen LogP contribution in [0.1, 0.15) is 27.0 Å². The molecule has 7 nitrogen and oxygen atoms in total. The van der Waals surface area contributed by atoms with E-state index in [1.54, 1.807) is 5.32 Å². The minimum Gasteiger partial charge on any atom is -0.379 e. The van der Waals surface area contributed by atoms with E-state index in [1.165, 1.54) is 29.8 Å². The number of hydroxylamine groups is 1. The van der Waals surface area contributed by atoms with E-state index >= 15 is 0 Å². The van der Waals surface area contributed by atoms with Crippen molar-refractivity contribution in [2.45, 2.75) is 18.8 Å². The van der Waals surface area contributed by atoms with Gasteiger partial charge in [-0.25, -0.2) is 5.48 Å². The van der Waals surface area contributed by atoms with Crippen LogP contribution < -0.4 is 10.8 Å². The number of nitrogens with zero attached hydrogens (tertiary/aromatic N) is 1. The lowest BCUT2D eigenvalue weighted by Gasteiger charge is -2.26. The fourth-order valence-corrected chi connectivity index (χ4v) is 3.14. The second-order valence-corrected chi connectivity index (χ2v) is 7.34. The molecule has 10 heteroatoms. The molecule has 0 bridgehead atoms. The summed E-state index contributed by atoms with van der Waals surface area (Å²) in [6.07, 6.45) is -5.06. The Morgan fingerprint density at radius 1 is 1.00 bits per heavy atom. The molecule has 0 radical (unpaired) electrons. The molecule has 2 aromatic rings. The zero-order chi connectivity index (χ0) is 23.8. The Hall–Kier alpha value is -3.39. The molecule has 0 spiro atoms. The molecule has 1 unspecified atom stereocenters. The first kappa shape index (κ1) is 24.3. The Morgan fingerprint density at radius 2 is 1.55 bits per heavy atom. The van der Waals surface area contributed by atoms with E-state index in [1.807, 2.05) is 24.3 Å². The molecular weight excluding hydrogens is 439 g/mol. The molecule has 3 rings (SSSR count). The van der Waals surface area contributed by atoms with Crippen molar-refractivity contribution in [3.05, 3.63) is 70.8 Å². The van der Waals surface area contributed by atoms with E-state index in [2.05, 4.69) is 16.7 Å². The summed E-state index contributed by atoms with van der Waals surface area (Å²) < 4.78 is 44.0. The molecule has 1 atom stereocenters. The summed E-state index contributed by atoms with van der Waals surface area (Å²) in [6, 6.07) is 10.5. The Labute approximate surface area is 188 Å². The van der Waals surface area contributed by atoms with Crippen molar-refractivity contribution < 1.29 is 32.7 Å². The van der Waals surface area contributed by atoms with Crippen molar-refractivity contribution in [3.63, 3.8) is 0 Å². The lowest BCUT2D eigenvalue weighted by Crippen LogP contribution is -2.54. The Bertz CT molecular complexity index is 1020. The third-order valence-corrected chi connectivity index (χ3v) is 4.94. The molecule has 33 heavy (non-hydrogen) atoms. The summed E-state index contributed by atoms with van der Waals surface area (Å²) in [5.41, 5.74) is 3.33. The van der Waals surface area contributed by atoms with Crippen molar-refractivity contribution in [2.75, 3.05) is 26.3 Å². The van der Waals surface area contributed by atoms with E-state index in [4.69, 9.17) is 9.94 Å². The van der Waals surface area contributed by atoms with Crippen LogP contribution in [0.5, 0.6) is 0 Å². The molecular formula is C23H22F3N3O4. The van der Waals surface area contributed by atoms with Gasteiger partial charge >= 0.3 is 6.18 Å². The molecule has 0 saturated carbocycles. The van der Waals surface area contributed by atoms with Gasteiger partial charge in [0.25, 0.3) is 11.8 Å². The molecule has 1 saturated heterocycles. The van der Waals surface area contributed by atoms with Gasteiger partial charge in [-0.05, 0) is 42.0 Å². The van der Waals surface area contributed by atoms with Crippen LogP contribution >= 0.6 is 0 Å². The number of amides is 2. The SMILES string of the molecule is O=C(NC(C(=O)NO)C(F)(F)F)c1ccc(C#Cc2ccc(CN3CCOCC3)cc2)cc1. The van der Waals surface area contributed by atoms with Gasteiger partial charge in [0.15, 0.2) is 0 Å². The predicted molar refractivity (Wildman–Crippen MR) is 112 cm³/mol. The van der Waals surface area contributed by atoms with Crippen LogP contribution in [0.2, 0.25) is 0 Å². The van der Waals surface area contributed by atoms with Gasteiger partial charge in [0, 0.05) is 36.3 Å². The Morgan fingerprint density at radius 3 is 2.06 bits per heavy atom.